The lowest BCUT2D eigenvalue weighted by Crippen LogP contribution is -2.38. The number of rotatable bonds is 3. The lowest BCUT2D eigenvalue weighted by molar-refractivity contribution is 0.295. The molecule has 1 aliphatic rings. The van der Waals surface area contributed by atoms with E-state index in [-0.39, 0.29) is 11.2 Å². The Morgan fingerprint density at radius 2 is 2.00 bits per heavy atom. The number of hydrogen-bond donors (Lipinski definition) is 2. The maximum atomic E-state index is 10.2. The van der Waals surface area contributed by atoms with E-state index in [4.69, 9.17) is 10.5 Å². The van der Waals surface area contributed by atoms with E-state index in [0.717, 1.165) is 28.4 Å². The summed E-state index contributed by atoms with van der Waals surface area (Å²) in [5, 5.41) is 10.2. The Morgan fingerprint density at radius 3 is 2.53 bits per heavy atom. The highest BCUT2D eigenvalue weighted by molar-refractivity contribution is 9.10. The molecule has 1 aromatic rings. The van der Waals surface area contributed by atoms with Crippen molar-refractivity contribution in [2.45, 2.75) is 44.4 Å². The van der Waals surface area contributed by atoms with Gasteiger partial charge >= 0.3 is 0 Å². The van der Waals surface area contributed by atoms with Crippen LogP contribution in [0.1, 0.15) is 43.2 Å². The van der Waals surface area contributed by atoms with Gasteiger partial charge < -0.3 is 15.6 Å². The number of ether oxygens (including phenoxy) is 1. The molecule has 0 aromatic heterocycles. The lowest BCUT2D eigenvalue weighted by Gasteiger charge is -2.39. The average Bonchev–Trinajstić information content (AvgIpc) is 2.44. The van der Waals surface area contributed by atoms with Gasteiger partial charge in [-0.1, -0.05) is 19.3 Å². The van der Waals surface area contributed by atoms with Crippen LogP contribution in [0.3, 0.4) is 0 Å². The van der Waals surface area contributed by atoms with Gasteiger partial charge in [0.1, 0.15) is 0 Å². The Bertz CT molecular complexity index is 468. The first-order valence-corrected chi connectivity index (χ1v) is 7.61. The molecule has 0 heterocycles. The van der Waals surface area contributed by atoms with E-state index < -0.39 is 0 Å². The molecule has 1 aromatic carbocycles. The minimum absolute atomic E-state index is 0.00901. The van der Waals surface area contributed by atoms with Crippen LogP contribution in [-0.4, -0.2) is 18.8 Å². The molecule has 0 aliphatic heterocycles. The van der Waals surface area contributed by atoms with Gasteiger partial charge in [-0.15, -0.1) is 0 Å². The molecule has 19 heavy (non-hydrogen) atoms. The fourth-order valence-electron chi connectivity index (χ4n) is 3.33. The quantitative estimate of drug-likeness (QED) is 0.891. The number of aromatic hydroxyl groups is 1. The third-order valence-electron chi connectivity index (χ3n) is 4.35. The smallest absolute Gasteiger partial charge is 0.172 e. The summed E-state index contributed by atoms with van der Waals surface area (Å²) in [5.41, 5.74) is 8.38. The fourth-order valence-corrected chi connectivity index (χ4v) is 4.26. The molecule has 0 unspecified atom stereocenters. The van der Waals surface area contributed by atoms with E-state index in [1.54, 1.807) is 7.11 Å². The van der Waals surface area contributed by atoms with Crippen LogP contribution < -0.4 is 10.5 Å². The minimum atomic E-state index is -0.00901. The zero-order valence-corrected chi connectivity index (χ0v) is 13.2. The van der Waals surface area contributed by atoms with Gasteiger partial charge in [-0.25, -0.2) is 0 Å². The summed E-state index contributed by atoms with van der Waals surface area (Å²) in [6, 6.07) is 1.90. The molecular formula is C15H22BrNO2. The zero-order valence-electron chi connectivity index (χ0n) is 11.6. The van der Waals surface area contributed by atoms with Crippen molar-refractivity contribution in [3.8, 4) is 11.5 Å². The summed E-state index contributed by atoms with van der Waals surface area (Å²) < 4.78 is 5.95. The molecule has 0 amide bonds. The largest absolute Gasteiger partial charge is 0.503 e. The maximum Gasteiger partial charge on any atom is 0.172 e. The van der Waals surface area contributed by atoms with E-state index in [0.29, 0.717) is 12.3 Å². The van der Waals surface area contributed by atoms with Gasteiger partial charge in [-0.05, 0) is 52.9 Å². The first-order chi connectivity index (χ1) is 9.05. The Hall–Kier alpha value is -0.740. The van der Waals surface area contributed by atoms with Crippen molar-refractivity contribution in [3.05, 3.63) is 21.7 Å². The van der Waals surface area contributed by atoms with E-state index in [1.165, 1.54) is 19.3 Å². The van der Waals surface area contributed by atoms with Crippen molar-refractivity contribution in [2.24, 2.45) is 5.73 Å². The number of benzene rings is 1. The summed E-state index contributed by atoms with van der Waals surface area (Å²) in [6.07, 6.45) is 5.87. The number of nitrogens with two attached hydrogens (primary N) is 1. The molecule has 0 spiro atoms. The van der Waals surface area contributed by atoms with Crippen molar-refractivity contribution in [1.29, 1.82) is 0 Å². The number of halogens is 1. The number of phenols is 1. The van der Waals surface area contributed by atoms with Gasteiger partial charge in [0, 0.05) is 12.0 Å². The van der Waals surface area contributed by atoms with Crippen LogP contribution in [0.5, 0.6) is 11.5 Å². The van der Waals surface area contributed by atoms with Crippen LogP contribution in [0.2, 0.25) is 0 Å². The van der Waals surface area contributed by atoms with Crippen LogP contribution >= 0.6 is 15.9 Å². The second-order valence-electron chi connectivity index (χ2n) is 5.48. The number of aryl methyl sites for hydroxylation is 1. The number of phenolic OH excluding ortho intramolecular Hbond substituents is 1. The Morgan fingerprint density at radius 1 is 1.37 bits per heavy atom. The number of methoxy groups -OCH3 is 1. The van der Waals surface area contributed by atoms with E-state index in [2.05, 4.69) is 22.9 Å². The van der Waals surface area contributed by atoms with Crippen molar-refractivity contribution < 1.29 is 9.84 Å². The Kier molecular flexibility index (Phi) is 4.41. The molecule has 0 atom stereocenters. The van der Waals surface area contributed by atoms with Crippen LogP contribution in [0.25, 0.3) is 0 Å². The van der Waals surface area contributed by atoms with Gasteiger partial charge in [0.2, 0.25) is 0 Å². The second kappa shape index (κ2) is 5.71. The molecule has 1 saturated carbocycles. The van der Waals surface area contributed by atoms with Crippen LogP contribution in [0.15, 0.2) is 10.5 Å². The topological polar surface area (TPSA) is 55.5 Å². The van der Waals surface area contributed by atoms with Crippen molar-refractivity contribution in [1.82, 2.24) is 0 Å². The van der Waals surface area contributed by atoms with E-state index in [1.807, 2.05) is 6.07 Å². The summed E-state index contributed by atoms with van der Waals surface area (Å²) in [4.78, 5) is 0. The SMILES string of the molecule is COc1cc(C)c(C2(CN)CCCCC2)c(Br)c1O. The predicted octanol–water partition coefficient (Wildman–Crippen LogP) is 3.63. The van der Waals surface area contributed by atoms with Crippen LogP contribution in [0.4, 0.5) is 0 Å². The Balaban J connectivity index is 2.57. The molecule has 1 aliphatic carbocycles. The summed E-state index contributed by atoms with van der Waals surface area (Å²) >= 11 is 3.55. The Labute approximate surface area is 123 Å². The molecule has 0 saturated heterocycles. The monoisotopic (exact) mass is 327 g/mol. The van der Waals surface area contributed by atoms with Gasteiger partial charge in [-0.3, -0.25) is 0 Å². The summed E-state index contributed by atoms with van der Waals surface area (Å²) in [5.74, 6) is 0.692. The molecule has 3 nitrogen and oxygen atoms in total. The third-order valence-corrected chi connectivity index (χ3v) is 5.13. The zero-order chi connectivity index (χ0) is 14.0. The fraction of sp³-hybridized carbons (Fsp3) is 0.600. The highest BCUT2D eigenvalue weighted by atomic mass is 79.9. The average molecular weight is 328 g/mol. The molecule has 2 rings (SSSR count). The molecule has 1 fully saturated rings. The molecule has 106 valence electrons. The van der Waals surface area contributed by atoms with Crippen LogP contribution in [-0.2, 0) is 5.41 Å². The van der Waals surface area contributed by atoms with Crippen molar-refractivity contribution in [3.63, 3.8) is 0 Å². The molecule has 4 heteroatoms. The molecule has 0 radical (unpaired) electrons. The summed E-state index contributed by atoms with van der Waals surface area (Å²) in [6.45, 7) is 2.69. The molecule has 3 N–H and O–H groups in total. The van der Waals surface area contributed by atoms with Crippen molar-refractivity contribution >= 4 is 15.9 Å². The van der Waals surface area contributed by atoms with Gasteiger partial charge in [0.05, 0.1) is 11.6 Å². The molecular weight excluding hydrogens is 306 g/mol. The number of hydrogen-bond acceptors (Lipinski definition) is 3. The molecule has 0 bridgehead atoms. The van der Waals surface area contributed by atoms with Crippen molar-refractivity contribution in [2.75, 3.05) is 13.7 Å². The maximum absolute atomic E-state index is 10.2. The third kappa shape index (κ3) is 2.48. The second-order valence-corrected chi connectivity index (χ2v) is 6.27. The highest BCUT2D eigenvalue weighted by Crippen LogP contribution is 2.48. The van der Waals surface area contributed by atoms with E-state index in [9.17, 15) is 5.11 Å². The van der Waals surface area contributed by atoms with Gasteiger partial charge in [0.25, 0.3) is 0 Å². The van der Waals surface area contributed by atoms with Gasteiger partial charge in [-0.2, -0.15) is 0 Å². The highest BCUT2D eigenvalue weighted by Gasteiger charge is 2.36. The van der Waals surface area contributed by atoms with E-state index >= 15 is 0 Å². The standard InChI is InChI=1S/C15H22BrNO2/c1-10-8-11(19-2)14(18)13(16)12(10)15(9-17)6-4-3-5-7-15/h8,18H,3-7,9,17H2,1-2H3. The minimum Gasteiger partial charge on any atom is -0.503 e. The predicted molar refractivity (Wildman–Crippen MR) is 80.9 cm³/mol. The summed E-state index contributed by atoms with van der Waals surface area (Å²) in [7, 11) is 1.57. The first-order valence-electron chi connectivity index (χ1n) is 6.82. The normalized spacial score (nSPS) is 18.3. The van der Waals surface area contributed by atoms with Gasteiger partial charge in [0.15, 0.2) is 11.5 Å². The lowest BCUT2D eigenvalue weighted by atomic mass is 9.68. The van der Waals surface area contributed by atoms with Crippen LogP contribution in [0, 0.1) is 6.92 Å². The first kappa shape index (κ1) is 14.7.